The van der Waals surface area contributed by atoms with Gasteiger partial charge in [0.05, 0.1) is 28.5 Å². The van der Waals surface area contributed by atoms with Gasteiger partial charge in [-0.1, -0.05) is 53.5 Å². The summed E-state index contributed by atoms with van der Waals surface area (Å²) in [7, 11) is 1.46. The Morgan fingerprint density at radius 2 is 1.81 bits per heavy atom. The summed E-state index contributed by atoms with van der Waals surface area (Å²) in [5, 5.41) is 11.6. The van der Waals surface area contributed by atoms with Crippen LogP contribution in [0.15, 0.2) is 65.6 Å². The molecule has 4 rings (SSSR count). The normalized spacial score (nSPS) is 14.4. The Labute approximate surface area is 220 Å². The van der Waals surface area contributed by atoms with E-state index in [0.29, 0.717) is 22.1 Å². The Balaban J connectivity index is 1.54. The molecule has 1 fully saturated rings. The van der Waals surface area contributed by atoms with E-state index in [4.69, 9.17) is 32.7 Å². The second kappa shape index (κ2) is 11.0. The molecule has 3 aromatic rings. The van der Waals surface area contributed by atoms with Gasteiger partial charge in [-0.25, -0.2) is 0 Å². The molecular weight excluding hydrogens is 527 g/mol. The van der Waals surface area contributed by atoms with Crippen molar-refractivity contribution in [2.45, 2.75) is 13.2 Å². The molecule has 1 aliphatic rings. The van der Waals surface area contributed by atoms with E-state index in [1.54, 1.807) is 30.3 Å². The summed E-state index contributed by atoms with van der Waals surface area (Å²) in [4.78, 5) is 37.3. The lowest BCUT2D eigenvalue weighted by molar-refractivity contribution is -0.385. The average Bonchev–Trinajstić information content (AvgIpc) is 3.11. The largest absolute Gasteiger partial charge is 0.493 e. The number of benzene rings is 3. The Morgan fingerprint density at radius 1 is 1.08 bits per heavy atom. The molecule has 1 saturated heterocycles. The van der Waals surface area contributed by atoms with Crippen LogP contribution in [0.1, 0.15) is 16.7 Å². The van der Waals surface area contributed by atoms with Crippen molar-refractivity contribution in [1.82, 2.24) is 4.90 Å². The number of ether oxygens (including phenoxy) is 2. The fourth-order valence-corrected chi connectivity index (χ4v) is 4.72. The molecule has 0 aromatic heterocycles. The van der Waals surface area contributed by atoms with Gasteiger partial charge in [-0.05, 0) is 53.2 Å². The quantitative estimate of drug-likeness (QED) is 0.176. The van der Waals surface area contributed by atoms with Crippen molar-refractivity contribution >= 4 is 57.9 Å². The summed E-state index contributed by atoms with van der Waals surface area (Å²) in [6, 6.07) is 16.4. The summed E-state index contributed by atoms with van der Waals surface area (Å²) >= 11 is 13.1. The fourth-order valence-electron chi connectivity index (χ4n) is 3.48. The lowest BCUT2D eigenvalue weighted by Crippen LogP contribution is -2.27. The summed E-state index contributed by atoms with van der Waals surface area (Å²) in [5.74, 6) is 0.124. The average molecular weight is 545 g/mol. The third kappa shape index (κ3) is 5.64. The number of thioether (sulfide) groups is 1. The van der Waals surface area contributed by atoms with Gasteiger partial charge in [0.25, 0.3) is 16.8 Å². The maximum atomic E-state index is 12.9. The molecule has 0 saturated carbocycles. The third-order valence-corrected chi connectivity index (χ3v) is 6.68. The van der Waals surface area contributed by atoms with Crippen molar-refractivity contribution in [3.05, 3.63) is 102 Å². The summed E-state index contributed by atoms with van der Waals surface area (Å²) in [6.07, 6.45) is 1.52. The van der Waals surface area contributed by atoms with Crippen molar-refractivity contribution in [3.63, 3.8) is 0 Å². The van der Waals surface area contributed by atoms with Gasteiger partial charge in [0, 0.05) is 16.7 Å². The van der Waals surface area contributed by atoms with Gasteiger partial charge in [-0.2, -0.15) is 0 Å². The van der Waals surface area contributed by atoms with Gasteiger partial charge in [0.1, 0.15) is 6.61 Å². The maximum Gasteiger partial charge on any atom is 0.293 e. The molecule has 184 valence electrons. The van der Waals surface area contributed by atoms with Crippen LogP contribution in [0, 0.1) is 10.1 Å². The van der Waals surface area contributed by atoms with Crippen LogP contribution >= 0.6 is 35.0 Å². The molecule has 3 aromatic carbocycles. The molecule has 0 N–H and O–H groups in total. The van der Waals surface area contributed by atoms with Gasteiger partial charge in [-0.15, -0.1) is 0 Å². The number of hydrogen-bond donors (Lipinski definition) is 0. The smallest absolute Gasteiger partial charge is 0.293 e. The molecule has 11 heteroatoms. The lowest BCUT2D eigenvalue weighted by Gasteiger charge is -2.14. The number of hydrogen-bond acceptors (Lipinski definition) is 7. The monoisotopic (exact) mass is 544 g/mol. The highest BCUT2D eigenvalue weighted by molar-refractivity contribution is 8.18. The van der Waals surface area contributed by atoms with Crippen LogP contribution in [-0.4, -0.2) is 28.1 Å². The van der Waals surface area contributed by atoms with Crippen molar-refractivity contribution in [2.24, 2.45) is 0 Å². The minimum atomic E-state index is -0.554. The summed E-state index contributed by atoms with van der Waals surface area (Å²) < 4.78 is 11.3. The zero-order chi connectivity index (χ0) is 25.8. The Hall–Kier alpha value is -3.53. The molecule has 8 nitrogen and oxygen atoms in total. The Kier molecular flexibility index (Phi) is 7.83. The van der Waals surface area contributed by atoms with Gasteiger partial charge >= 0.3 is 0 Å². The number of nitro benzene ring substituents is 1. The van der Waals surface area contributed by atoms with Crippen LogP contribution in [0.2, 0.25) is 10.0 Å². The number of amides is 2. The highest BCUT2D eigenvalue weighted by atomic mass is 35.5. The zero-order valence-electron chi connectivity index (χ0n) is 18.8. The van der Waals surface area contributed by atoms with E-state index in [0.717, 1.165) is 22.2 Å². The van der Waals surface area contributed by atoms with E-state index in [9.17, 15) is 19.7 Å². The first-order valence-corrected chi connectivity index (χ1v) is 12.1. The van der Waals surface area contributed by atoms with Crippen molar-refractivity contribution in [1.29, 1.82) is 0 Å². The van der Waals surface area contributed by atoms with Crippen molar-refractivity contribution < 1.29 is 24.0 Å². The van der Waals surface area contributed by atoms with E-state index in [1.165, 1.54) is 31.4 Å². The molecule has 0 aliphatic carbocycles. The molecule has 1 heterocycles. The molecule has 36 heavy (non-hydrogen) atoms. The van der Waals surface area contributed by atoms with E-state index in [-0.39, 0.29) is 34.3 Å². The number of methoxy groups -OCH3 is 1. The maximum absolute atomic E-state index is 12.9. The molecule has 0 radical (unpaired) electrons. The number of nitro groups is 1. The molecular formula is C25H18Cl2N2O6S. The Bertz CT molecular complexity index is 1380. The molecule has 0 bridgehead atoms. The fraction of sp³-hybridized carbons (Fsp3) is 0.120. The molecule has 0 unspecified atom stereocenters. The molecule has 0 spiro atoms. The third-order valence-electron chi connectivity index (χ3n) is 5.24. The lowest BCUT2D eigenvalue weighted by atomic mass is 10.1. The van der Waals surface area contributed by atoms with E-state index < -0.39 is 16.1 Å². The highest BCUT2D eigenvalue weighted by Crippen LogP contribution is 2.40. The topological polar surface area (TPSA) is 99.0 Å². The SMILES string of the molecule is COc1cc(/C=C2\SC(=O)N(Cc3ccccc3[N+](=O)[O-])C2=O)cc(Cl)c1OCc1ccc(Cl)cc1. The standard InChI is InChI=1S/C25H18Cl2N2O6S/c1-34-21-11-16(10-19(27)23(21)35-14-15-6-8-18(26)9-7-15)12-22-24(30)28(25(31)36-22)13-17-4-2-3-5-20(17)29(32)33/h2-12H,13-14H2,1H3/b22-12-. The van der Waals surface area contributed by atoms with Crippen LogP contribution in [-0.2, 0) is 17.9 Å². The van der Waals surface area contributed by atoms with Gasteiger partial charge in [-0.3, -0.25) is 24.6 Å². The van der Waals surface area contributed by atoms with E-state index in [1.807, 2.05) is 12.1 Å². The number of imide groups is 1. The number of carbonyl (C=O) groups excluding carboxylic acids is 2. The number of nitrogens with zero attached hydrogens (tertiary/aromatic N) is 2. The van der Waals surface area contributed by atoms with Crippen LogP contribution in [0.3, 0.4) is 0 Å². The van der Waals surface area contributed by atoms with Crippen LogP contribution in [0.4, 0.5) is 10.5 Å². The van der Waals surface area contributed by atoms with Crippen molar-refractivity contribution in [2.75, 3.05) is 7.11 Å². The second-order valence-electron chi connectivity index (χ2n) is 7.60. The van der Waals surface area contributed by atoms with Crippen LogP contribution < -0.4 is 9.47 Å². The summed E-state index contributed by atoms with van der Waals surface area (Å²) in [5.41, 5.74) is 1.50. The van der Waals surface area contributed by atoms with Crippen molar-refractivity contribution in [3.8, 4) is 11.5 Å². The number of para-hydroxylation sites is 1. The zero-order valence-corrected chi connectivity index (χ0v) is 21.1. The second-order valence-corrected chi connectivity index (χ2v) is 9.44. The van der Waals surface area contributed by atoms with Gasteiger partial charge < -0.3 is 9.47 Å². The predicted molar refractivity (Wildman–Crippen MR) is 138 cm³/mol. The van der Waals surface area contributed by atoms with E-state index >= 15 is 0 Å². The summed E-state index contributed by atoms with van der Waals surface area (Å²) in [6.45, 7) is 0.0256. The Morgan fingerprint density at radius 3 is 2.50 bits per heavy atom. The molecule has 1 aliphatic heterocycles. The minimum absolute atomic E-state index is 0.159. The number of carbonyl (C=O) groups is 2. The first kappa shape index (κ1) is 25.6. The predicted octanol–water partition coefficient (Wildman–Crippen LogP) is 6.73. The highest BCUT2D eigenvalue weighted by Gasteiger charge is 2.36. The molecule has 0 atom stereocenters. The number of rotatable bonds is 8. The first-order valence-electron chi connectivity index (χ1n) is 10.5. The van der Waals surface area contributed by atoms with Crippen LogP contribution in [0.5, 0.6) is 11.5 Å². The van der Waals surface area contributed by atoms with Crippen LogP contribution in [0.25, 0.3) is 6.08 Å². The number of halogens is 2. The first-order chi connectivity index (χ1) is 17.3. The van der Waals surface area contributed by atoms with Gasteiger partial charge in [0.2, 0.25) is 0 Å². The minimum Gasteiger partial charge on any atom is -0.493 e. The van der Waals surface area contributed by atoms with E-state index in [2.05, 4.69) is 0 Å². The van der Waals surface area contributed by atoms with Gasteiger partial charge in [0.15, 0.2) is 11.5 Å². The molecule has 2 amide bonds.